The molecule has 0 bridgehead atoms. The van der Waals surface area contributed by atoms with Crippen molar-refractivity contribution in [3.63, 3.8) is 0 Å². The summed E-state index contributed by atoms with van der Waals surface area (Å²) in [5.74, 6) is -0.447. The van der Waals surface area contributed by atoms with E-state index in [2.05, 4.69) is 15.3 Å². The Balaban J connectivity index is 2.08. The molecule has 0 spiro atoms. The monoisotopic (exact) mass is 274 g/mol. The summed E-state index contributed by atoms with van der Waals surface area (Å²) in [6.07, 6.45) is 6.90. The average Bonchev–Trinajstić information content (AvgIpc) is 2.72. The molecule has 1 fully saturated rings. The first kappa shape index (κ1) is 14.3. The van der Waals surface area contributed by atoms with Crippen LogP contribution in [0.1, 0.15) is 44.2 Å². The topological polar surface area (TPSA) is 98.9 Å². The van der Waals surface area contributed by atoms with Crippen LogP contribution in [0.5, 0.6) is 0 Å². The molecular formula is C14H18N4O2. The fourth-order valence-electron chi connectivity index (χ4n) is 2.63. The lowest BCUT2D eigenvalue weighted by Crippen LogP contribution is -2.37. The molecule has 106 valence electrons. The Kier molecular flexibility index (Phi) is 4.51. The van der Waals surface area contributed by atoms with Gasteiger partial charge < -0.3 is 10.4 Å². The lowest BCUT2D eigenvalue weighted by atomic mass is 9.80. The normalized spacial score (nSPS) is 17.8. The average molecular weight is 274 g/mol. The third-order valence-electron chi connectivity index (χ3n) is 3.87. The summed E-state index contributed by atoms with van der Waals surface area (Å²) in [7, 11) is 0. The van der Waals surface area contributed by atoms with E-state index in [-0.39, 0.29) is 5.69 Å². The van der Waals surface area contributed by atoms with Crippen LogP contribution in [0.3, 0.4) is 0 Å². The van der Waals surface area contributed by atoms with Gasteiger partial charge in [-0.25, -0.2) is 9.97 Å². The molecule has 0 saturated heterocycles. The highest BCUT2D eigenvalue weighted by Gasteiger charge is 2.38. The maximum Gasteiger partial charge on any atom is 0.311 e. The number of hydrogen-bond donors (Lipinski definition) is 2. The molecule has 2 N–H and O–H groups in total. The number of carbonyl (C=O) groups is 1. The van der Waals surface area contributed by atoms with Crippen LogP contribution in [0.15, 0.2) is 12.3 Å². The molecule has 20 heavy (non-hydrogen) atoms. The Morgan fingerprint density at radius 1 is 1.40 bits per heavy atom. The van der Waals surface area contributed by atoms with E-state index in [1.54, 1.807) is 0 Å². The van der Waals surface area contributed by atoms with Crippen molar-refractivity contribution < 1.29 is 9.90 Å². The van der Waals surface area contributed by atoms with E-state index in [4.69, 9.17) is 5.26 Å². The molecule has 0 atom stereocenters. The van der Waals surface area contributed by atoms with E-state index < -0.39 is 11.4 Å². The highest BCUT2D eigenvalue weighted by atomic mass is 16.4. The molecule has 1 aliphatic carbocycles. The minimum atomic E-state index is -0.761. The Morgan fingerprint density at radius 2 is 2.10 bits per heavy atom. The number of rotatable bonds is 4. The molecular weight excluding hydrogens is 256 g/mol. The summed E-state index contributed by atoms with van der Waals surface area (Å²) >= 11 is 0. The fourth-order valence-corrected chi connectivity index (χ4v) is 2.63. The van der Waals surface area contributed by atoms with Crippen molar-refractivity contribution in [2.45, 2.75) is 38.5 Å². The van der Waals surface area contributed by atoms with Crippen LogP contribution < -0.4 is 5.32 Å². The Morgan fingerprint density at radius 3 is 2.70 bits per heavy atom. The van der Waals surface area contributed by atoms with E-state index >= 15 is 0 Å². The van der Waals surface area contributed by atoms with Gasteiger partial charge in [0.05, 0.1) is 5.41 Å². The lowest BCUT2D eigenvalue weighted by Gasteiger charge is -2.28. The quantitative estimate of drug-likeness (QED) is 0.816. The molecule has 6 heteroatoms. The van der Waals surface area contributed by atoms with Crippen molar-refractivity contribution >= 4 is 11.9 Å². The smallest absolute Gasteiger partial charge is 0.311 e. The molecule has 0 unspecified atom stereocenters. The molecule has 6 nitrogen and oxygen atoms in total. The SMILES string of the molecule is N#Cc1ccnc(NCC2(C(=O)O)CCCCCC2)n1. The van der Waals surface area contributed by atoms with Crippen molar-refractivity contribution in [1.82, 2.24) is 9.97 Å². The number of anilines is 1. The van der Waals surface area contributed by atoms with Crippen molar-refractivity contribution in [2.75, 3.05) is 11.9 Å². The molecule has 2 rings (SSSR count). The van der Waals surface area contributed by atoms with Crippen LogP contribution in [0.2, 0.25) is 0 Å². The molecule has 0 aliphatic heterocycles. The zero-order valence-corrected chi connectivity index (χ0v) is 11.3. The van der Waals surface area contributed by atoms with Crippen molar-refractivity contribution in [3.05, 3.63) is 18.0 Å². The van der Waals surface area contributed by atoms with Gasteiger partial charge in [-0.05, 0) is 18.9 Å². The molecule has 1 heterocycles. The van der Waals surface area contributed by atoms with Gasteiger partial charge in [-0.3, -0.25) is 4.79 Å². The Labute approximate surface area is 117 Å². The number of hydrogen-bond acceptors (Lipinski definition) is 5. The number of carboxylic acid groups (broad SMARTS) is 1. The van der Waals surface area contributed by atoms with Crippen molar-refractivity contribution in [1.29, 1.82) is 5.26 Å². The highest BCUT2D eigenvalue weighted by Crippen LogP contribution is 2.35. The molecule has 1 aliphatic rings. The number of nitrogens with one attached hydrogen (secondary N) is 1. The number of nitrogens with zero attached hydrogens (tertiary/aromatic N) is 3. The molecule has 0 aromatic carbocycles. The molecule has 1 saturated carbocycles. The van der Waals surface area contributed by atoms with Crippen LogP contribution in [0.25, 0.3) is 0 Å². The van der Waals surface area contributed by atoms with Gasteiger partial charge >= 0.3 is 5.97 Å². The summed E-state index contributed by atoms with van der Waals surface area (Å²) in [4.78, 5) is 19.7. The van der Waals surface area contributed by atoms with Gasteiger partial charge in [-0.1, -0.05) is 25.7 Å². The molecule has 0 radical (unpaired) electrons. The first-order chi connectivity index (χ1) is 9.66. The highest BCUT2D eigenvalue weighted by molar-refractivity contribution is 5.75. The van der Waals surface area contributed by atoms with E-state index in [0.29, 0.717) is 25.3 Å². The van der Waals surface area contributed by atoms with Gasteiger partial charge in [0.25, 0.3) is 0 Å². The largest absolute Gasteiger partial charge is 0.481 e. The predicted octanol–water partition coefficient (Wildman–Crippen LogP) is 2.19. The van der Waals surface area contributed by atoms with Gasteiger partial charge in [0.2, 0.25) is 5.95 Å². The van der Waals surface area contributed by atoms with Crippen LogP contribution in [0.4, 0.5) is 5.95 Å². The van der Waals surface area contributed by atoms with Crippen LogP contribution >= 0.6 is 0 Å². The van der Waals surface area contributed by atoms with E-state index in [0.717, 1.165) is 25.7 Å². The van der Waals surface area contributed by atoms with Crippen molar-refractivity contribution in [3.8, 4) is 6.07 Å². The summed E-state index contributed by atoms with van der Waals surface area (Å²) in [6.45, 7) is 0.303. The first-order valence-corrected chi connectivity index (χ1v) is 6.87. The van der Waals surface area contributed by atoms with Crippen LogP contribution in [-0.2, 0) is 4.79 Å². The second kappa shape index (κ2) is 6.33. The zero-order chi connectivity index (χ0) is 14.4. The number of aromatic nitrogens is 2. The second-order valence-electron chi connectivity index (χ2n) is 5.23. The summed E-state index contributed by atoms with van der Waals surface area (Å²) in [5.41, 5.74) is -0.476. The standard InChI is InChI=1S/C14H18N4O2/c15-9-11-5-8-16-13(18-11)17-10-14(12(19)20)6-3-1-2-4-7-14/h5,8H,1-4,6-7,10H2,(H,19,20)(H,16,17,18). The van der Waals surface area contributed by atoms with E-state index in [1.165, 1.54) is 12.3 Å². The zero-order valence-electron chi connectivity index (χ0n) is 11.3. The molecule has 1 aromatic heterocycles. The predicted molar refractivity (Wildman–Crippen MR) is 73.0 cm³/mol. The van der Waals surface area contributed by atoms with Crippen LogP contribution in [0, 0.1) is 16.7 Å². The van der Waals surface area contributed by atoms with Gasteiger partial charge in [0, 0.05) is 12.7 Å². The number of carboxylic acids is 1. The third kappa shape index (κ3) is 3.23. The van der Waals surface area contributed by atoms with Gasteiger partial charge in [-0.2, -0.15) is 5.26 Å². The number of nitriles is 1. The van der Waals surface area contributed by atoms with Gasteiger partial charge in [0.1, 0.15) is 11.8 Å². The molecule has 1 aromatic rings. The van der Waals surface area contributed by atoms with Crippen LogP contribution in [-0.4, -0.2) is 27.6 Å². The van der Waals surface area contributed by atoms with Gasteiger partial charge in [-0.15, -0.1) is 0 Å². The third-order valence-corrected chi connectivity index (χ3v) is 3.87. The van der Waals surface area contributed by atoms with Crippen molar-refractivity contribution in [2.24, 2.45) is 5.41 Å². The maximum atomic E-state index is 11.6. The summed E-state index contributed by atoms with van der Waals surface area (Å²) in [6, 6.07) is 3.46. The van der Waals surface area contributed by atoms with E-state index in [9.17, 15) is 9.90 Å². The lowest BCUT2D eigenvalue weighted by molar-refractivity contribution is -0.149. The molecule has 0 amide bonds. The fraction of sp³-hybridized carbons (Fsp3) is 0.571. The Bertz CT molecular complexity index is 516. The summed E-state index contributed by atoms with van der Waals surface area (Å²) in [5, 5.41) is 21.3. The maximum absolute atomic E-state index is 11.6. The second-order valence-corrected chi connectivity index (χ2v) is 5.23. The minimum Gasteiger partial charge on any atom is -0.481 e. The van der Waals surface area contributed by atoms with E-state index in [1.807, 2.05) is 6.07 Å². The summed E-state index contributed by atoms with van der Waals surface area (Å²) < 4.78 is 0. The Hall–Kier alpha value is -2.16. The minimum absolute atomic E-state index is 0.271. The number of aliphatic carboxylic acids is 1. The van der Waals surface area contributed by atoms with Gasteiger partial charge in [0.15, 0.2) is 0 Å². The first-order valence-electron chi connectivity index (χ1n) is 6.87.